The van der Waals surface area contributed by atoms with Crippen molar-refractivity contribution in [2.24, 2.45) is 10.7 Å². The summed E-state index contributed by atoms with van der Waals surface area (Å²) >= 11 is 0. The van der Waals surface area contributed by atoms with E-state index in [1.807, 2.05) is 6.92 Å². The number of aromatic nitrogens is 3. The predicted octanol–water partition coefficient (Wildman–Crippen LogP) is 1.79. The molecule has 0 saturated heterocycles. The van der Waals surface area contributed by atoms with Crippen molar-refractivity contribution in [3.05, 3.63) is 72.1 Å². The third kappa shape index (κ3) is 2.66. The first-order valence-corrected chi connectivity index (χ1v) is 8.45. The molecule has 0 fully saturated rings. The van der Waals surface area contributed by atoms with Gasteiger partial charge in [-0.15, -0.1) is 0 Å². The summed E-state index contributed by atoms with van der Waals surface area (Å²) in [7, 11) is 0. The molecule has 4 rings (SSSR count). The van der Waals surface area contributed by atoms with E-state index >= 15 is 0 Å². The lowest BCUT2D eigenvalue weighted by Gasteiger charge is -2.23. The van der Waals surface area contributed by atoms with E-state index in [9.17, 15) is 9.18 Å². The van der Waals surface area contributed by atoms with Gasteiger partial charge in [0.05, 0.1) is 6.20 Å². The first-order valence-electron chi connectivity index (χ1n) is 8.45. The van der Waals surface area contributed by atoms with E-state index in [1.165, 1.54) is 6.20 Å². The minimum Gasteiger partial charge on any atom is -0.370 e. The Morgan fingerprint density at radius 1 is 1.26 bits per heavy atom. The predicted molar refractivity (Wildman–Crippen MR) is 98.1 cm³/mol. The lowest BCUT2D eigenvalue weighted by atomic mass is 9.83. The summed E-state index contributed by atoms with van der Waals surface area (Å²) in [6, 6.07) is 10.3. The number of nitrogens with two attached hydrogens (primary N) is 1. The number of amides is 1. The normalized spacial score (nSPS) is 19.0. The number of carbonyl (C=O) groups is 1. The van der Waals surface area contributed by atoms with Gasteiger partial charge in [-0.3, -0.25) is 14.8 Å². The second kappa shape index (κ2) is 6.31. The number of hydrogen-bond acceptors (Lipinski definition) is 5. The fourth-order valence-corrected chi connectivity index (χ4v) is 3.26. The molecule has 0 unspecified atom stereocenters. The van der Waals surface area contributed by atoms with Crippen LogP contribution in [0.4, 0.5) is 4.39 Å². The van der Waals surface area contributed by atoms with E-state index in [4.69, 9.17) is 5.73 Å². The first kappa shape index (κ1) is 16.9. The Hall–Kier alpha value is -3.55. The van der Waals surface area contributed by atoms with Crippen molar-refractivity contribution in [1.29, 1.82) is 0 Å². The van der Waals surface area contributed by atoms with E-state index < -0.39 is 11.5 Å². The first-order chi connectivity index (χ1) is 13.0. The number of nitrogens with zero attached hydrogens (tertiary/aromatic N) is 4. The number of benzene rings is 1. The molecule has 1 amide bonds. The number of carbonyl (C=O) groups excluding carboxylic acids is 1. The van der Waals surface area contributed by atoms with Crippen molar-refractivity contribution in [2.45, 2.75) is 19.0 Å². The lowest BCUT2D eigenvalue weighted by Crippen LogP contribution is -2.39. The van der Waals surface area contributed by atoms with Gasteiger partial charge in [-0.1, -0.05) is 18.2 Å². The number of halogens is 1. The average Bonchev–Trinajstić information content (AvgIpc) is 3.27. The second-order valence-electron chi connectivity index (χ2n) is 6.17. The maximum atomic E-state index is 14.1. The molecule has 1 aromatic carbocycles. The molecule has 1 aliphatic heterocycles. The number of aryl methyl sites for hydroxylation is 1. The molecule has 1 aliphatic rings. The summed E-state index contributed by atoms with van der Waals surface area (Å²) in [5.74, 6) is -0.928. The topological polar surface area (TPSA) is 98.2 Å². The van der Waals surface area contributed by atoms with Gasteiger partial charge < -0.3 is 5.73 Å². The third-order valence-electron chi connectivity index (χ3n) is 4.58. The average molecular weight is 364 g/mol. The summed E-state index contributed by atoms with van der Waals surface area (Å²) < 4.78 is 15.8. The van der Waals surface area contributed by atoms with Crippen LogP contribution < -0.4 is 11.1 Å². The van der Waals surface area contributed by atoms with Gasteiger partial charge in [0.2, 0.25) is 5.95 Å². The van der Waals surface area contributed by atoms with Gasteiger partial charge >= 0.3 is 0 Å². The molecule has 3 N–H and O–H groups in total. The van der Waals surface area contributed by atoms with Gasteiger partial charge in [-0.25, -0.2) is 9.98 Å². The minimum absolute atomic E-state index is 0.0298. The molecule has 0 bridgehead atoms. The molecule has 1 atom stereocenters. The van der Waals surface area contributed by atoms with Gasteiger partial charge in [-0.2, -0.15) is 9.49 Å². The van der Waals surface area contributed by atoms with Gasteiger partial charge in [0, 0.05) is 30.1 Å². The standard InChI is InChI=1S/C19H17FN6O/c1-2-26-11-14(10-23-26)19(17(27)24-18(21)25-19)13-6-3-5-12(9-13)15-7-4-8-22-16(15)20/h3-11H,2H2,1H3,(H3,21,24,25,27)/t19-/m0/s1. The number of aliphatic imine (C=N–C) groups is 1. The van der Waals surface area contributed by atoms with Gasteiger partial charge in [0.15, 0.2) is 11.5 Å². The van der Waals surface area contributed by atoms with Crippen LogP contribution in [0.25, 0.3) is 11.1 Å². The molecule has 0 radical (unpaired) electrons. The molecule has 27 heavy (non-hydrogen) atoms. The smallest absolute Gasteiger partial charge is 0.264 e. The summed E-state index contributed by atoms with van der Waals surface area (Å²) in [6.45, 7) is 2.60. The summed E-state index contributed by atoms with van der Waals surface area (Å²) in [5.41, 5.74) is 6.53. The van der Waals surface area contributed by atoms with Crippen LogP contribution in [0, 0.1) is 5.95 Å². The molecule has 7 nitrogen and oxygen atoms in total. The largest absolute Gasteiger partial charge is 0.370 e. The summed E-state index contributed by atoms with van der Waals surface area (Å²) in [6.07, 6.45) is 4.75. The lowest BCUT2D eigenvalue weighted by molar-refractivity contribution is -0.122. The Morgan fingerprint density at radius 2 is 2.11 bits per heavy atom. The Morgan fingerprint density at radius 3 is 2.78 bits per heavy atom. The van der Waals surface area contributed by atoms with E-state index in [-0.39, 0.29) is 11.9 Å². The van der Waals surface area contributed by atoms with E-state index in [0.717, 1.165) is 0 Å². The summed E-state index contributed by atoms with van der Waals surface area (Å²) in [5, 5.41) is 6.83. The molecule has 0 spiro atoms. The van der Waals surface area contributed by atoms with Gasteiger partial charge in [0.1, 0.15) is 0 Å². The number of rotatable bonds is 4. The number of hydrogen-bond donors (Lipinski definition) is 2. The van der Waals surface area contributed by atoms with Crippen molar-refractivity contribution >= 4 is 11.9 Å². The quantitative estimate of drug-likeness (QED) is 0.690. The molecule has 0 aliphatic carbocycles. The molecular weight excluding hydrogens is 347 g/mol. The van der Waals surface area contributed by atoms with Crippen LogP contribution in [0.2, 0.25) is 0 Å². The fourth-order valence-electron chi connectivity index (χ4n) is 3.26. The second-order valence-corrected chi connectivity index (χ2v) is 6.17. The van der Waals surface area contributed by atoms with Crippen molar-refractivity contribution in [1.82, 2.24) is 20.1 Å². The van der Waals surface area contributed by atoms with Crippen LogP contribution in [0.3, 0.4) is 0 Å². The molecule has 136 valence electrons. The zero-order valence-corrected chi connectivity index (χ0v) is 14.6. The molecule has 2 aromatic heterocycles. The Balaban J connectivity index is 1.91. The highest BCUT2D eigenvalue weighted by Gasteiger charge is 2.47. The molecule has 0 saturated carbocycles. The van der Waals surface area contributed by atoms with Crippen LogP contribution in [-0.4, -0.2) is 26.6 Å². The zero-order valence-electron chi connectivity index (χ0n) is 14.6. The number of nitrogens with one attached hydrogen (secondary N) is 1. The Kier molecular flexibility index (Phi) is 3.95. The van der Waals surface area contributed by atoms with Crippen molar-refractivity contribution in [3.63, 3.8) is 0 Å². The number of guanidine groups is 1. The molecule has 8 heteroatoms. The van der Waals surface area contributed by atoms with Crippen molar-refractivity contribution in [2.75, 3.05) is 0 Å². The van der Waals surface area contributed by atoms with Crippen LogP contribution >= 0.6 is 0 Å². The van der Waals surface area contributed by atoms with Crippen LogP contribution in [0.15, 0.2) is 60.0 Å². The monoisotopic (exact) mass is 364 g/mol. The Labute approximate surface area is 154 Å². The minimum atomic E-state index is -1.37. The van der Waals surface area contributed by atoms with Crippen LogP contribution in [0.1, 0.15) is 18.1 Å². The SMILES string of the molecule is CCn1cc([C@]2(c3cccc(-c4cccnc4F)c3)N=C(N)NC2=O)cn1. The van der Waals surface area contributed by atoms with Crippen molar-refractivity contribution < 1.29 is 9.18 Å². The number of pyridine rings is 1. The highest BCUT2D eigenvalue weighted by molar-refractivity contribution is 6.09. The van der Waals surface area contributed by atoms with Crippen molar-refractivity contribution in [3.8, 4) is 11.1 Å². The van der Waals surface area contributed by atoms with Gasteiger partial charge in [-0.05, 0) is 36.2 Å². The molecule has 3 heterocycles. The van der Waals surface area contributed by atoms with Gasteiger partial charge in [0.25, 0.3) is 5.91 Å². The van der Waals surface area contributed by atoms with Crippen LogP contribution in [-0.2, 0) is 16.9 Å². The highest BCUT2D eigenvalue weighted by Crippen LogP contribution is 2.38. The van der Waals surface area contributed by atoms with E-state index in [0.29, 0.717) is 28.8 Å². The maximum absolute atomic E-state index is 14.1. The molecular formula is C19H17FN6O. The van der Waals surface area contributed by atoms with Crippen LogP contribution in [0.5, 0.6) is 0 Å². The maximum Gasteiger partial charge on any atom is 0.264 e. The third-order valence-corrected chi connectivity index (χ3v) is 4.58. The highest BCUT2D eigenvalue weighted by atomic mass is 19.1. The van der Waals surface area contributed by atoms with E-state index in [2.05, 4.69) is 20.4 Å². The fraction of sp³-hybridized carbons (Fsp3) is 0.158. The zero-order chi connectivity index (χ0) is 19.0. The molecule has 3 aromatic rings. The Bertz CT molecular complexity index is 1060. The summed E-state index contributed by atoms with van der Waals surface area (Å²) in [4.78, 5) is 21.0. The van der Waals surface area contributed by atoms with E-state index in [1.54, 1.807) is 53.5 Å².